The highest BCUT2D eigenvalue weighted by Gasteiger charge is 2.13. The van der Waals surface area contributed by atoms with Crippen LogP contribution in [0, 0.1) is 11.8 Å². The number of hydrogen-bond donors (Lipinski definition) is 2. The lowest BCUT2D eigenvalue weighted by molar-refractivity contribution is -0.118. The molecule has 0 aliphatic rings. The Morgan fingerprint density at radius 2 is 2.26 bits per heavy atom. The van der Waals surface area contributed by atoms with Crippen molar-refractivity contribution in [2.75, 3.05) is 12.3 Å². The predicted octanol–water partition coefficient (Wildman–Crippen LogP) is 2.21. The van der Waals surface area contributed by atoms with E-state index < -0.39 is 0 Å². The Hall–Kier alpha value is -0.960. The summed E-state index contributed by atoms with van der Waals surface area (Å²) in [5, 5.41) is 4.90. The first-order chi connectivity index (χ1) is 8.92. The molecule has 0 fully saturated rings. The third-order valence-corrected chi connectivity index (χ3v) is 4.35. The molecule has 0 aliphatic heterocycles. The van der Waals surface area contributed by atoms with Crippen LogP contribution in [-0.2, 0) is 11.3 Å². The van der Waals surface area contributed by atoms with Crippen molar-refractivity contribution in [3.05, 3.63) is 21.9 Å². The molecule has 0 aliphatic carbocycles. The zero-order valence-electron chi connectivity index (χ0n) is 11.6. The average Bonchev–Trinajstić information content (AvgIpc) is 2.77. The molecule has 0 spiro atoms. The molecule has 1 amide bonds. The number of hydrogen-bond acceptors (Lipinski definition) is 4. The molecule has 1 rings (SSSR count). The van der Waals surface area contributed by atoms with E-state index in [4.69, 9.17) is 5.73 Å². The van der Waals surface area contributed by atoms with Crippen molar-refractivity contribution >= 4 is 29.0 Å². The van der Waals surface area contributed by atoms with Gasteiger partial charge in [0.1, 0.15) is 0 Å². The van der Waals surface area contributed by atoms with Gasteiger partial charge >= 0.3 is 0 Å². The standard InChI is InChI=1S/C14H20N2OS2/c1-14(2,3)19-10-13(17)16-9-12-11(5-4-7-15)6-8-18-12/h6,8H,7,9-10,15H2,1-3H3,(H,16,17). The van der Waals surface area contributed by atoms with E-state index in [-0.39, 0.29) is 10.7 Å². The van der Waals surface area contributed by atoms with Crippen LogP contribution >= 0.6 is 23.1 Å². The molecule has 3 nitrogen and oxygen atoms in total. The van der Waals surface area contributed by atoms with E-state index in [0.717, 1.165) is 10.4 Å². The van der Waals surface area contributed by atoms with Gasteiger partial charge in [-0.15, -0.1) is 23.1 Å². The van der Waals surface area contributed by atoms with Crippen molar-refractivity contribution < 1.29 is 4.79 Å². The van der Waals surface area contributed by atoms with Gasteiger partial charge in [0.15, 0.2) is 0 Å². The fourth-order valence-corrected chi connectivity index (χ4v) is 2.68. The second-order valence-corrected chi connectivity index (χ2v) is 7.74. The Morgan fingerprint density at radius 1 is 1.53 bits per heavy atom. The Bertz CT molecular complexity index is 478. The first-order valence-electron chi connectivity index (χ1n) is 6.08. The molecule has 19 heavy (non-hydrogen) atoms. The van der Waals surface area contributed by atoms with Crippen molar-refractivity contribution in [3.63, 3.8) is 0 Å². The summed E-state index contributed by atoms with van der Waals surface area (Å²) in [6, 6.07) is 1.96. The van der Waals surface area contributed by atoms with Crippen molar-refractivity contribution in [1.82, 2.24) is 5.32 Å². The average molecular weight is 296 g/mol. The zero-order chi connectivity index (χ0) is 14.3. The van der Waals surface area contributed by atoms with Gasteiger partial charge < -0.3 is 11.1 Å². The molecule has 1 aromatic rings. The molecule has 0 saturated carbocycles. The van der Waals surface area contributed by atoms with Gasteiger partial charge in [0, 0.05) is 15.2 Å². The molecular weight excluding hydrogens is 276 g/mol. The summed E-state index contributed by atoms with van der Waals surface area (Å²) >= 11 is 3.24. The number of thiophene rings is 1. The molecule has 0 bridgehead atoms. The molecule has 0 atom stereocenters. The summed E-state index contributed by atoms with van der Waals surface area (Å²) < 4.78 is 0.109. The van der Waals surface area contributed by atoms with Gasteiger partial charge in [-0.3, -0.25) is 4.79 Å². The van der Waals surface area contributed by atoms with Crippen LogP contribution in [0.4, 0.5) is 0 Å². The van der Waals surface area contributed by atoms with Gasteiger partial charge in [-0.1, -0.05) is 32.6 Å². The molecule has 0 radical (unpaired) electrons. The summed E-state index contributed by atoms with van der Waals surface area (Å²) in [5.74, 6) is 6.39. The minimum atomic E-state index is 0.0612. The molecule has 104 valence electrons. The van der Waals surface area contributed by atoms with Gasteiger partial charge in [0.2, 0.25) is 5.91 Å². The number of thioether (sulfide) groups is 1. The minimum absolute atomic E-state index is 0.0612. The van der Waals surface area contributed by atoms with Crippen LogP contribution < -0.4 is 11.1 Å². The number of nitrogens with one attached hydrogen (secondary N) is 1. The summed E-state index contributed by atoms with van der Waals surface area (Å²) in [6.07, 6.45) is 0. The van der Waals surface area contributed by atoms with Gasteiger partial charge in [-0.2, -0.15) is 0 Å². The summed E-state index contributed by atoms with van der Waals surface area (Å²) in [7, 11) is 0. The minimum Gasteiger partial charge on any atom is -0.350 e. The number of carbonyl (C=O) groups excluding carboxylic acids is 1. The van der Waals surface area contributed by atoms with Crippen LogP contribution in [0.1, 0.15) is 31.2 Å². The maximum absolute atomic E-state index is 11.7. The molecule has 0 aromatic carbocycles. The van der Waals surface area contributed by atoms with Gasteiger partial charge in [-0.25, -0.2) is 0 Å². The number of amides is 1. The van der Waals surface area contributed by atoms with Crippen LogP contribution in [0.15, 0.2) is 11.4 Å². The lowest BCUT2D eigenvalue weighted by Crippen LogP contribution is -2.26. The number of rotatable bonds is 4. The van der Waals surface area contributed by atoms with Crippen molar-refractivity contribution in [2.45, 2.75) is 32.1 Å². The molecule has 0 unspecified atom stereocenters. The fraction of sp³-hybridized carbons (Fsp3) is 0.500. The normalized spacial score (nSPS) is 10.7. The highest BCUT2D eigenvalue weighted by molar-refractivity contribution is 8.01. The largest absolute Gasteiger partial charge is 0.350 e. The molecule has 0 saturated heterocycles. The maximum atomic E-state index is 11.7. The Labute approximate surface area is 123 Å². The second-order valence-electron chi connectivity index (χ2n) is 4.94. The van der Waals surface area contributed by atoms with Gasteiger partial charge in [0.25, 0.3) is 0 Å². The monoisotopic (exact) mass is 296 g/mol. The van der Waals surface area contributed by atoms with E-state index in [2.05, 4.69) is 37.9 Å². The lowest BCUT2D eigenvalue weighted by Gasteiger charge is -2.16. The van der Waals surface area contributed by atoms with Gasteiger partial charge in [0.05, 0.1) is 18.8 Å². The van der Waals surface area contributed by atoms with Crippen LogP contribution in [-0.4, -0.2) is 23.0 Å². The summed E-state index contributed by atoms with van der Waals surface area (Å²) in [4.78, 5) is 12.8. The third kappa shape index (κ3) is 6.67. The van der Waals surface area contributed by atoms with Gasteiger partial charge in [-0.05, 0) is 11.4 Å². The van der Waals surface area contributed by atoms with Crippen LogP contribution in [0.3, 0.4) is 0 Å². The van der Waals surface area contributed by atoms with Crippen LogP contribution in [0.2, 0.25) is 0 Å². The quantitative estimate of drug-likeness (QED) is 0.838. The molecule has 5 heteroatoms. The first-order valence-corrected chi connectivity index (χ1v) is 7.95. The van der Waals surface area contributed by atoms with Crippen LogP contribution in [0.25, 0.3) is 0 Å². The smallest absolute Gasteiger partial charge is 0.230 e. The molecular formula is C14H20N2OS2. The van der Waals surface area contributed by atoms with E-state index in [1.807, 2.05) is 11.4 Å². The van der Waals surface area contributed by atoms with E-state index in [9.17, 15) is 4.79 Å². The van der Waals surface area contributed by atoms with Crippen molar-refractivity contribution in [1.29, 1.82) is 0 Å². The maximum Gasteiger partial charge on any atom is 0.230 e. The topological polar surface area (TPSA) is 55.1 Å². The highest BCUT2D eigenvalue weighted by atomic mass is 32.2. The lowest BCUT2D eigenvalue weighted by atomic mass is 10.2. The summed E-state index contributed by atoms with van der Waals surface area (Å²) in [5.41, 5.74) is 6.31. The van der Waals surface area contributed by atoms with Crippen molar-refractivity contribution in [3.8, 4) is 11.8 Å². The molecule has 3 N–H and O–H groups in total. The van der Waals surface area contributed by atoms with Crippen LogP contribution in [0.5, 0.6) is 0 Å². The predicted molar refractivity (Wildman–Crippen MR) is 84.3 cm³/mol. The highest BCUT2D eigenvalue weighted by Crippen LogP contribution is 2.22. The molecule has 1 heterocycles. The fourth-order valence-electron chi connectivity index (χ4n) is 1.25. The second kappa shape index (κ2) is 7.59. The number of nitrogens with two attached hydrogens (primary N) is 1. The Morgan fingerprint density at radius 3 is 2.89 bits per heavy atom. The SMILES string of the molecule is CC(C)(C)SCC(=O)NCc1sccc1C#CCN. The third-order valence-electron chi connectivity index (χ3n) is 2.15. The first kappa shape index (κ1) is 16.1. The van der Waals surface area contributed by atoms with E-state index >= 15 is 0 Å². The zero-order valence-corrected chi connectivity index (χ0v) is 13.2. The molecule has 1 aromatic heterocycles. The van der Waals surface area contributed by atoms with E-state index in [0.29, 0.717) is 18.8 Å². The summed E-state index contributed by atoms with van der Waals surface area (Å²) in [6.45, 7) is 7.19. The van der Waals surface area contributed by atoms with Crippen molar-refractivity contribution in [2.24, 2.45) is 5.73 Å². The van der Waals surface area contributed by atoms with E-state index in [1.165, 1.54) is 0 Å². The Balaban J connectivity index is 2.44. The Kier molecular flexibility index (Phi) is 6.43. The number of carbonyl (C=O) groups is 1. The van der Waals surface area contributed by atoms with E-state index in [1.54, 1.807) is 23.1 Å².